The lowest BCUT2D eigenvalue weighted by Crippen LogP contribution is -2.52. The van der Waals surface area contributed by atoms with E-state index in [2.05, 4.69) is 0 Å². The summed E-state index contributed by atoms with van der Waals surface area (Å²) in [6.07, 6.45) is 0. The number of ether oxygens (including phenoxy) is 2. The van der Waals surface area contributed by atoms with Crippen molar-refractivity contribution in [2.75, 3.05) is 39.5 Å². The Kier molecular flexibility index (Phi) is 6.18. The number of hydrogen-bond acceptors (Lipinski definition) is 5. The first-order valence-corrected chi connectivity index (χ1v) is 7.79. The third-order valence-electron chi connectivity index (χ3n) is 2.76. The molecule has 0 bridgehead atoms. The van der Waals surface area contributed by atoms with Gasteiger partial charge < -0.3 is 9.47 Å². The molecular weight excluding hydrogens is 272 g/mol. The van der Waals surface area contributed by atoms with E-state index < -0.39 is 16.2 Å². The lowest BCUT2D eigenvalue weighted by Gasteiger charge is -2.33. The summed E-state index contributed by atoms with van der Waals surface area (Å²) >= 11 is 0. The first-order chi connectivity index (χ1) is 8.89. The number of nitrogens with zero attached hydrogens (tertiary/aromatic N) is 2. The van der Waals surface area contributed by atoms with E-state index in [4.69, 9.17) is 9.47 Å². The van der Waals surface area contributed by atoms with Gasteiger partial charge in [-0.1, -0.05) is 0 Å². The fourth-order valence-electron chi connectivity index (χ4n) is 1.79. The maximum absolute atomic E-state index is 12.5. The van der Waals surface area contributed by atoms with Crippen molar-refractivity contribution in [1.82, 2.24) is 8.61 Å². The molecule has 1 aliphatic heterocycles. The topological polar surface area (TPSA) is 76.2 Å². The molecule has 0 aliphatic carbocycles. The standard InChI is InChI=1S/C11H22N2O5S/c1-4-18-11(14)9-13(10(2)3)19(15,16)12-5-7-17-8-6-12/h10H,4-9H2,1-3H3. The summed E-state index contributed by atoms with van der Waals surface area (Å²) in [7, 11) is -3.65. The number of carbonyl (C=O) groups excluding carboxylic acids is 1. The molecule has 19 heavy (non-hydrogen) atoms. The van der Waals surface area contributed by atoms with Crippen LogP contribution in [-0.4, -0.2) is 68.5 Å². The Morgan fingerprint density at radius 3 is 2.42 bits per heavy atom. The van der Waals surface area contributed by atoms with Gasteiger partial charge in [-0.25, -0.2) is 0 Å². The second kappa shape index (κ2) is 7.18. The Bertz CT molecular complexity index is 390. The molecule has 0 spiro atoms. The van der Waals surface area contributed by atoms with Gasteiger partial charge in [-0.05, 0) is 20.8 Å². The Balaban J connectivity index is 2.81. The van der Waals surface area contributed by atoms with Gasteiger partial charge in [0.15, 0.2) is 0 Å². The second-order valence-electron chi connectivity index (χ2n) is 4.46. The van der Waals surface area contributed by atoms with Crippen molar-refractivity contribution in [3.63, 3.8) is 0 Å². The minimum absolute atomic E-state index is 0.238. The maximum Gasteiger partial charge on any atom is 0.321 e. The molecule has 0 atom stereocenters. The fraction of sp³-hybridized carbons (Fsp3) is 0.909. The molecule has 0 N–H and O–H groups in total. The largest absolute Gasteiger partial charge is 0.465 e. The molecule has 1 fully saturated rings. The van der Waals surface area contributed by atoms with Gasteiger partial charge in [-0.2, -0.15) is 17.0 Å². The molecule has 1 aliphatic rings. The summed E-state index contributed by atoms with van der Waals surface area (Å²) in [4.78, 5) is 11.5. The van der Waals surface area contributed by atoms with Crippen LogP contribution in [0.25, 0.3) is 0 Å². The zero-order chi connectivity index (χ0) is 14.5. The van der Waals surface area contributed by atoms with Gasteiger partial charge in [0, 0.05) is 19.1 Å². The van der Waals surface area contributed by atoms with Crippen LogP contribution in [0, 0.1) is 0 Å². The molecule has 0 aromatic heterocycles. The smallest absolute Gasteiger partial charge is 0.321 e. The van der Waals surface area contributed by atoms with Crippen LogP contribution in [0.5, 0.6) is 0 Å². The molecular formula is C11H22N2O5S. The van der Waals surface area contributed by atoms with Gasteiger partial charge in [0.05, 0.1) is 19.8 Å². The molecule has 0 aromatic carbocycles. The quantitative estimate of drug-likeness (QED) is 0.636. The zero-order valence-corrected chi connectivity index (χ0v) is 12.5. The van der Waals surface area contributed by atoms with E-state index in [0.717, 1.165) is 4.31 Å². The summed E-state index contributed by atoms with van der Waals surface area (Å²) in [5, 5.41) is 0. The van der Waals surface area contributed by atoms with Crippen molar-refractivity contribution in [3.8, 4) is 0 Å². The molecule has 7 nitrogen and oxygen atoms in total. The SMILES string of the molecule is CCOC(=O)CN(C(C)C)S(=O)(=O)N1CCOCC1. The molecule has 0 aromatic rings. The molecule has 0 unspecified atom stereocenters. The molecule has 0 radical (unpaired) electrons. The van der Waals surface area contributed by atoms with Crippen LogP contribution in [0.2, 0.25) is 0 Å². The van der Waals surface area contributed by atoms with E-state index >= 15 is 0 Å². The van der Waals surface area contributed by atoms with Crippen molar-refractivity contribution in [1.29, 1.82) is 0 Å². The van der Waals surface area contributed by atoms with Crippen LogP contribution < -0.4 is 0 Å². The lowest BCUT2D eigenvalue weighted by atomic mass is 10.4. The number of esters is 1. The van der Waals surface area contributed by atoms with Crippen LogP contribution in [-0.2, 0) is 24.5 Å². The van der Waals surface area contributed by atoms with Crippen molar-refractivity contribution >= 4 is 16.2 Å². The summed E-state index contributed by atoms with van der Waals surface area (Å²) < 4.78 is 37.4. The predicted octanol–water partition coefficient (Wildman–Crippen LogP) is -0.163. The highest BCUT2D eigenvalue weighted by atomic mass is 32.2. The van der Waals surface area contributed by atoms with Crippen molar-refractivity contribution in [2.24, 2.45) is 0 Å². The van der Waals surface area contributed by atoms with Gasteiger partial charge in [0.2, 0.25) is 0 Å². The number of morpholine rings is 1. The Hall–Kier alpha value is -0.700. The normalized spacial score (nSPS) is 17.9. The number of hydrogen-bond donors (Lipinski definition) is 0. The number of rotatable bonds is 6. The third kappa shape index (κ3) is 4.41. The fourth-order valence-corrected chi connectivity index (χ4v) is 3.50. The number of carbonyl (C=O) groups is 1. The Morgan fingerprint density at radius 2 is 1.95 bits per heavy atom. The average molecular weight is 294 g/mol. The Morgan fingerprint density at radius 1 is 1.37 bits per heavy atom. The minimum Gasteiger partial charge on any atom is -0.465 e. The molecule has 1 rings (SSSR count). The van der Waals surface area contributed by atoms with E-state index in [9.17, 15) is 13.2 Å². The Labute approximate surface area is 114 Å². The third-order valence-corrected chi connectivity index (χ3v) is 4.92. The molecule has 8 heteroatoms. The van der Waals surface area contributed by atoms with Gasteiger partial charge in [0.25, 0.3) is 10.2 Å². The van der Waals surface area contributed by atoms with Crippen molar-refractivity contribution in [3.05, 3.63) is 0 Å². The molecule has 0 amide bonds. The van der Waals surface area contributed by atoms with E-state index in [1.165, 1.54) is 4.31 Å². The highest BCUT2D eigenvalue weighted by molar-refractivity contribution is 7.86. The van der Waals surface area contributed by atoms with Gasteiger partial charge >= 0.3 is 5.97 Å². The van der Waals surface area contributed by atoms with Crippen molar-refractivity contribution < 1.29 is 22.7 Å². The first-order valence-electron chi connectivity index (χ1n) is 6.39. The van der Waals surface area contributed by atoms with Crippen LogP contribution in [0.1, 0.15) is 20.8 Å². The van der Waals surface area contributed by atoms with Gasteiger partial charge in [-0.15, -0.1) is 0 Å². The zero-order valence-electron chi connectivity index (χ0n) is 11.7. The monoisotopic (exact) mass is 294 g/mol. The van der Waals surface area contributed by atoms with Gasteiger partial charge in [0.1, 0.15) is 6.54 Å². The van der Waals surface area contributed by atoms with E-state index in [1.54, 1.807) is 20.8 Å². The lowest BCUT2D eigenvalue weighted by molar-refractivity contribution is -0.143. The van der Waals surface area contributed by atoms with Crippen LogP contribution in [0.3, 0.4) is 0 Å². The summed E-state index contributed by atoms with van der Waals surface area (Å²) in [5.41, 5.74) is 0. The van der Waals surface area contributed by atoms with E-state index in [1.807, 2.05) is 0 Å². The van der Waals surface area contributed by atoms with Gasteiger partial charge in [-0.3, -0.25) is 4.79 Å². The highest BCUT2D eigenvalue weighted by Gasteiger charge is 2.34. The van der Waals surface area contributed by atoms with E-state index in [-0.39, 0.29) is 19.2 Å². The van der Waals surface area contributed by atoms with Crippen LogP contribution in [0.4, 0.5) is 0 Å². The molecule has 1 saturated heterocycles. The second-order valence-corrected chi connectivity index (χ2v) is 6.34. The highest BCUT2D eigenvalue weighted by Crippen LogP contribution is 2.14. The summed E-state index contributed by atoms with van der Waals surface area (Å²) in [6, 6.07) is -0.308. The predicted molar refractivity (Wildman–Crippen MR) is 69.8 cm³/mol. The first kappa shape index (κ1) is 16.4. The molecule has 0 saturated carbocycles. The average Bonchev–Trinajstić information content (AvgIpc) is 2.37. The van der Waals surface area contributed by atoms with E-state index in [0.29, 0.717) is 26.3 Å². The van der Waals surface area contributed by atoms with Crippen LogP contribution in [0.15, 0.2) is 0 Å². The maximum atomic E-state index is 12.5. The molecule has 112 valence electrons. The minimum atomic E-state index is -3.65. The van der Waals surface area contributed by atoms with Crippen LogP contribution >= 0.6 is 0 Å². The summed E-state index contributed by atoms with van der Waals surface area (Å²) in [5.74, 6) is -0.534. The van der Waals surface area contributed by atoms with Crippen molar-refractivity contribution in [2.45, 2.75) is 26.8 Å². The molecule has 1 heterocycles. The summed E-state index contributed by atoms with van der Waals surface area (Å²) in [6.45, 7) is 6.52.